The molecular weight excluding hydrogens is 440 g/mol. The summed E-state index contributed by atoms with van der Waals surface area (Å²) in [6.45, 7) is 5.30. The number of nitriles is 1. The van der Waals surface area contributed by atoms with Crippen LogP contribution in [-0.4, -0.2) is 23.9 Å². The fraction of sp³-hybridized carbons (Fsp3) is 0.348. The first-order chi connectivity index (χ1) is 15.4. The van der Waals surface area contributed by atoms with E-state index in [4.69, 9.17) is 5.26 Å². The van der Waals surface area contributed by atoms with E-state index in [1.807, 2.05) is 6.92 Å². The van der Waals surface area contributed by atoms with E-state index in [2.05, 4.69) is 16.0 Å². The number of hydrogen-bond acceptors (Lipinski definition) is 4. The maximum absolute atomic E-state index is 14.4. The Balaban J connectivity index is 2.14. The predicted molar refractivity (Wildman–Crippen MR) is 116 cm³/mol. The van der Waals surface area contributed by atoms with Crippen molar-refractivity contribution in [2.45, 2.75) is 45.3 Å². The number of benzene rings is 2. The molecule has 33 heavy (non-hydrogen) atoms. The van der Waals surface area contributed by atoms with Gasteiger partial charge in [-0.2, -0.15) is 18.4 Å². The lowest BCUT2D eigenvalue weighted by Crippen LogP contribution is -2.44. The Morgan fingerprint density at radius 3 is 2.30 bits per heavy atom. The van der Waals surface area contributed by atoms with E-state index < -0.39 is 40.5 Å². The monoisotopic (exact) mass is 464 g/mol. The SMILES string of the molecule is CCCCNC(=O)c1ccc(NC(C)(C)C(=O)Nc2ccc(C#N)c(C(F)(F)F)c2)cc1F. The average molecular weight is 464 g/mol. The van der Waals surface area contributed by atoms with Gasteiger partial charge in [-0.25, -0.2) is 4.39 Å². The van der Waals surface area contributed by atoms with Crippen LogP contribution in [0.3, 0.4) is 0 Å². The van der Waals surface area contributed by atoms with Crippen molar-refractivity contribution in [3.63, 3.8) is 0 Å². The van der Waals surface area contributed by atoms with Gasteiger partial charge in [0, 0.05) is 17.9 Å². The van der Waals surface area contributed by atoms with Crippen molar-refractivity contribution in [2.75, 3.05) is 17.2 Å². The Bertz CT molecular complexity index is 1080. The number of carbonyl (C=O) groups excluding carboxylic acids is 2. The highest BCUT2D eigenvalue weighted by Crippen LogP contribution is 2.33. The van der Waals surface area contributed by atoms with Gasteiger partial charge in [0.05, 0.1) is 22.8 Å². The number of hydrogen-bond donors (Lipinski definition) is 3. The summed E-state index contributed by atoms with van der Waals surface area (Å²) in [4.78, 5) is 24.7. The van der Waals surface area contributed by atoms with Crippen LogP contribution >= 0.6 is 0 Å². The molecule has 0 spiro atoms. The zero-order chi connectivity index (χ0) is 24.8. The molecule has 6 nitrogen and oxygen atoms in total. The van der Waals surface area contributed by atoms with Crippen molar-refractivity contribution >= 4 is 23.2 Å². The third-order valence-electron chi connectivity index (χ3n) is 4.76. The van der Waals surface area contributed by atoms with Crippen LogP contribution in [0.4, 0.5) is 28.9 Å². The summed E-state index contributed by atoms with van der Waals surface area (Å²) in [5.74, 6) is -2.03. The van der Waals surface area contributed by atoms with Gasteiger partial charge in [-0.1, -0.05) is 13.3 Å². The third kappa shape index (κ3) is 6.68. The first-order valence-corrected chi connectivity index (χ1v) is 10.2. The molecule has 2 rings (SSSR count). The number of halogens is 4. The molecule has 0 saturated carbocycles. The molecule has 0 fully saturated rings. The van der Waals surface area contributed by atoms with Gasteiger partial charge in [0.15, 0.2) is 0 Å². The van der Waals surface area contributed by atoms with E-state index in [0.717, 1.165) is 25.0 Å². The van der Waals surface area contributed by atoms with E-state index in [0.29, 0.717) is 12.6 Å². The Labute approximate surface area is 189 Å². The minimum atomic E-state index is -4.76. The molecular formula is C23H24F4N4O2. The first-order valence-electron chi connectivity index (χ1n) is 10.2. The molecule has 3 N–H and O–H groups in total. The fourth-order valence-electron chi connectivity index (χ4n) is 2.91. The van der Waals surface area contributed by atoms with E-state index in [1.54, 1.807) is 0 Å². The highest BCUT2D eigenvalue weighted by Gasteiger charge is 2.34. The molecule has 0 bridgehead atoms. The summed E-state index contributed by atoms with van der Waals surface area (Å²) in [6.07, 6.45) is -3.12. The van der Waals surface area contributed by atoms with E-state index in [9.17, 15) is 27.2 Å². The molecule has 0 heterocycles. The van der Waals surface area contributed by atoms with Gasteiger partial charge in [0.2, 0.25) is 5.91 Å². The number of rotatable bonds is 8. The summed E-state index contributed by atoms with van der Waals surface area (Å²) >= 11 is 0. The average Bonchev–Trinajstić information content (AvgIpc) is 2.73. The van der Waals surface area contributed by atoms with E-state index in [-0.39, 0.29) is 16.9 Å². The summed E-state index contributed by atoms with van der Waals surface area (Å²) in [6, 6.07) is 8.08. The largest absolute Gasteiger partial charge is 0.417 e. The predicted octanol–water partition coefficient (Wildman–Crippen LogP) is 5.08. The number of unbranched alkanes of at least 4 members (excludes halogenated alkanes) is 1. The maximum Gasteiger partial charge on any atom is 0.417 e. The lowest BCUT2D eigenvalue weighted by Gasteiger charge is -2.27. The number of anilines is 2. The highest BCUT2D eigenvalue weighted by molar-refractivity contribution is 6.00. The molecule has 2 aromatic rings. The number of carbonyl (C=O) groups is 2. The van der Waals surface area contributed by atoms with Gasteiger partial charge in [0.1, 0.15) is 11.4 Å². The van der Waals surface area contributed by atoms with Crippen LogP contribution in [0.15, 0.2) is 36.4 Å². The summed E-state index contributed by atoms with van der Waals surface area (Å²) in [5.41, 5.74) is -3.17. The van der Waals surface area contributed by atoms with Gasteiger partial charge in [-0.3, -0.25) is 9.59 Å². The van der Waals surface area contributed by atoms with Crippen LogP contribution in [-0.2, 0) is 11.0 Å². The molecule has 0 aliphatic rings. The van der Waals surface area contributed by atoms with Crippen LogP contribution in [0.25, 0.3) is 0 Å². The zero-order valence-corrected chi connectivity index (χ0v) is 18.4. The Morgan fingerprint density at radius 2 is 1.73 bits per heavy atom. The highest BCUT2D eigenvalue weighted by atomic mass is 19.4. The molecule has 0 saturated heterocycles. The van der Waals surface area contributed by atoms with Crippen LogP contribution in [0, 0.1) is 17.1 Å². The summed E-state index contributed by atoms with van der Waals surface area (Å²) < 4.78 is 53.9. The minimum Gasteiger partial charge on any atom is -0.372 e. The smallest absolute Gasteiger partial charge is 0.372 e. The lowest BCUT2D eigenvalue weighted by atomic mass is 10.0. The van der Waals surface area contributed by atoms with Crippen molar-refractivity contribution < 1.29 is 27.2 Å². The van der Waals surface area contributed by atoms with Crippen molar-refractivity contribution in [1.82, 2.24) is 5.32 Å². The van der Waals surface area contributed by atoms with E-state index in [1.165, 1.54) is 38.1 Å². The van der Waals surface area contributed by atoms with Gasteiger partial charge in [-0.05, 0) is 56.7 Å². The molecule has 0 atom stereocenters. The molecule has 176 valence electrons. The van der Waals surface area contributed by atoms with Gasteiger partial charge in [0.25, 0.3) is 5.91 Å². The number of nitrogens with zero attached hydrogens (tertiary/aromatic N) is 1. The molecule has 2 aromatic carbocycles. The lowest BCUT2D eigenvalue weighted by molar-refractivity contribution is -0.137. The zero-order valence-electron chi connectivity index (χ0n) is 18.4. The van der Waals surface area contributed by atoms with E-state index >= 15 is 0 Å². The Kier molecular flexibility index (Phi) is 8.03. The fourth-order valence-corrected chi connectivity index (χ4v) is 2.91. The van der Waals surface area contributed by atoms with Gasteiger partial charge in [-0.15, -0.1) is 0 Å². The second kappa shape index (κ2) is 10.3. The first kappa shape index (κ1) is 25.6. The van der Waals surface area contributed by atoms with Crippen molar-refractivity contribution in [3.05, 3.63) is 58.9 Å². The second-order valence-electron chi connectivity index (χ2n) is 7.88. The molecule has 0 aromatic heterocycles. The molecule has 10 heteroatoms. The van der Waals surface area contributed by atoms with Crippen LogP contribution in [0.5, 0.6) is 0 Å². The number of amides is 2. The van der Waals surface area contributed by atoms with Gasteiger partial charge >= 0.3 is 6.18 Å². The Morgan fingerprint density at radius 1 is 1.06 bits per heavy atom. The maximum atomic E-state index is 14.4. The number of alkyl halides is 3. The van der Waals surface area contributed by atoms with Crippen molar-refractivity contribution in [3.8, 4) is 6.07 Å². The second-order valence-corrected chi connectivity index (χ2v) is 7.88. The summed E-state index contributed by atoms with van der Waals surface area (Å²) in [5, 5.41) is 16.7. The van der Waals surface area contributed by atoms with Crippen LogP contribution in [0.2, 0.25) is 0 Å². The molecule has 0 aliphatic carbocycles. The minimum absolute atomic E-state index is 0.142. The molecule has 0 aliphatic heterocycles. The quantitative estimate of drug-likeness (QED) is 0.375. The topological polar surface area (TPSA) is 94.0 Å². The molecule has 0 radical (unpaired) electrons. The number of nitrogens with one attached hydrogen (secondary N) is 3. The van der Waals surface area contributed by atoms with Crippen LogP contribution < -0.4 is 16.0 Å². The molecule has 2 amide bonds. The standard InChI is InChI=1S/C23H24F4N4O2/c1-4-5-10-29-20(32)17-9-8-16(12-19(17)24)31-22(2,3)21(33)30-15-7-6-14(13-28)18(11-15)23(25,26)27/h6-9,11-12,31H,4-5,10H2,1-3H3,(H,29,32)(H,30,33). The normalized spacial score (nSPS) is 11.5. The Hall–Kier alpha value is -3.61. The van der Waals surface area contributed by atoms with Crippen molar-refractivity contribution in [2.24, 2.45) is 0 Å². The molecule has 0 unspecified atom stereocenters. The summed E-state index contributed by atoms with van der Waals surface area (Å²) in [7, 11) is 0. The third-order valence-corrected chi connectivity index (χ3v) is 4.76. The van der Waals surface area contributed by atoms with Crippen LogP contribution in [0.1, 0.15) is 55.1 Å². The van der Waals surface area contributed by atoms with Crippen molar-refractivity contribution in [1.29, 1.82) is 5.26 Å². The van der Waals surface area contributed by atoms with Gasteiger partial charge < -0.3 is 16.0 Å².